The first kappa shape index (κ1) is 27.9. The Balaban J connectivity index is 1.19. The second-order valence-electron chi connectivity index (χ2n) is 13.8. The third-order valence-corrected chi connectivity index (χ3v) is 9.90. The molecule has 1 saturated heterocycles. The lowest BCUT2D eigenvalue weighted by molar-refractivity contribution is 0.505. The van der Waals surface area contributed by atoms with E-state index in [4.69, 9.17) is 15.0 Å². The van der Waals surface area contributed by atoms with E-state index in [9.17, 15) is 0 Å². The number of aromatic nitrogens is 3. The van der Waals surface area contributed by atoms with E-state index in [-0.39, 0.29) is 11.1 Å². The predicted octanol–water partition coefficient (Wildman–Crippen LogP) is 9.61. The number of fused-ring (bicyclic) bond motifs is 3. The van der Waals surface area contributed by atoms with E-state index >= 15 is 0 Å². The Morgan fingerprint density at radius 2 is 1.47 bits per heavy atom. The van der Waals surface area contributed by atoms with Crippen LogP contribution in [-0.4, -0.2) is 32.1 Å². The Kier molecular flexibility index (Phi) is 6.12. The van der Waals surface area contributed by atoms with Crippen LogP contribution in [0.2, 0.25) is 0 Å². The van der Waals surface area contributed by atoms with Crippen molar-refractivity contribution in [1.29, 1.82) is 0 Å². The average molecular weight is 610 g/mol. The van der Waals surface area contributed by atoms with Gasteiger partial charge in [-0.05, 0) is 81.8 Å². The van der Waals surface area contributed by atoms with Crippen molar-refractivity contribution in [2.45, 2.75) is 37.9 Å². The molecule has 0 radical (unpaired) electrons. The molecule has 3 aliphatic heterocycles. The van der Waals surface area contributed by atoms with E-state index < -0.39 is 0 Å². The van der Waals surface area contributed by atoms with E-state index in [0.717, 1.165) is 51.6 Å². The fraction of sp³-hybridized carbons (Fsp3) is 0.167. The fourth-order valence-corrected chi connectivity index (χ4v) is 7.52. The van der Waals surface area contributed by atoms with Crippen LogP contribution in [0.1, 0.15) is 37.9 Å². The summed E-state index contributed by atoms with van der Waals surface area (Å²) in [6, 6.07) is 39.3. The number of benzene rings is 3. The van der Waals surface area contributed by atoms with Crippen molar-refractivity contribution in [2.24, 2.45) is 0 Å². The number of rotatable bonds is 5. The molecule has 0 N–H and O–H groups in total. The van der Waals surface area contributed by atoms with Crippen LogP contribution in [0.3, 0.4) is 0 Å². The maximum absolute atomic E-state index is 5.24. The molecule has 3 aliphatic rings. The fourth-order valence-electron chi connectivity index (χ4n) is 7.52. The number of para-hydroxylation sites is 1. The van der Waals surface area contributed by atoms with Gasteiger partial charge in [0.05, 0.1) is 35.0 Å². The zero-order chi connectivity index (χ0) is 31.8. The van der Waals surface area contributed by atoms with Crippen LogP contribution in [0.5, 0.6) is 0 Å². The van der Waals surface area contributed by atoms with Gasteiger partial charge in [-0.2, -0.15) is 0 Å². The van der Waals surface area contributed by atoms with E-state index in [1.54, 1.807) is 0 Å². The van der Waals surface area contributed by atoms with Crippen LogP contribution >= 0.6 is 0 Å². The van der Waals surface area contributed by atoms with Crippen molar-refractivity contribution < 1.29 is 0 Å². The summed E-state index contributed by atoms with van der Waals surface area (Å²) in [6.07, 6.45) is 10.5. The van der Waals surface area contributed by atoms with Gasteiger partial charge in [0.25, 0.3) is 0 Å². The van der Waals surface area contributed by atoms with E-state index in [1.165, 1.54) is 22.4 Å². The van der Waals surface area contributed by atoms with Gasteiger partial charge in [0.1, 0.15) is 5.66 Å². The molecule has 6 heterocycles. The highest BCUT2D eigenvalue weighted by atomic mass is 15.6. The minimum atomic E-state index is -0.131. The van der Waals surface area contributed by atoms with Crippen LogP contribution in [0.4, 0.5) is 11.4 Å². The molecule has 0 aliphatic carbocycles. The van der Waals surface area contributed by atoms with Gasteiger partial charge in [0.2, 0.25) is 0 Å². The van der Waals surface area contributed by atoms with Crippen LogP contribution in [0, 0.1) is 0 Å². The molecule has 6 aromatic rings. The Labute approximate surface area is 275 Å². The largest absolute Gasteiger partial charge is 0.315 e. The summed E-state index contributed by atoms with van der Waals surface area (Å²) in [5, 5.41) is 0. The van der Waals surface area contributed by atoms with Crippen molar-refractivity contribution >= 4 is 11.4 Å². The molecule has 3 aromatic heterocycles. The number of nitrogens with zero attached hydrogens (tertiary/aromatic N) is 5. The van der Waals surface area contributed by atoms with Crippen molar-refractivity contribution in [1.82, 2.24) is 19.9 Å². The zero-order valence-corrected chi connectivity index (χ0v) is 26.8. The molecule has 5 heteroatoms. The summed E-state index contributed by atoms with van der Waals surface area (Å²) in [5.41, 5.74) is 12.9. The highest BCUT2D eigenvalue weighted by Crippen LogP contribution is 2.68. The molecule has 0 saturated carbocycles. The topological polar surface area (TPSA) is 44.9 Å². The Morgan fingerprint density at radius 1 is 0.681 bits per heavy atom. The molecule has 5 nitrogen and oxygen atoms in total. The van der Waals surface area contributed by atoms with Crippen molar-refractivity contribution in [3.8, 4) is 44.9 Å². The molecular weight excluding hydrogens is 574 g/mol. The first-order chi connectivity index (χ1) is 22.9. The van der Waals surface area contributed by atoms with Crippen molar-refractivity contribution in [3.05, 3.63) is 151 Å². The molecule has 1 fully saturated rings. The molecule has 228 valence electrons. The van der Waals surface area contributed by atoms with Crippen LogP contribution in [0.25, 0.3) is 44.9 Å². The van der Waals surface area contributed by atoms with Crippen molar-refractivity contribution in [3.63, 3.8) is 0 Å². The molecular formula is C42H35N5. The monoisotopic (exact) mass is 609 g/mol. The van der Waals surface area contributed by atoms with Gasteiger partial charge in [-0.3, -0.25) is 14.9 Å². The Hall–Kier alpha value is -5.39. The van der Waals surface area contributed by atoms with Gasteiger partial charge in [0.15, 0.2) is 0 Å². The van der Waals surface area contributed by atoms with Gasteiger partial charge in [0, 0.05) is 35.8 Å². The number of pyridine rings is 3. The van der Waals surface area contributed by atoms with Gasteiger partial charge < -0.3 is 4.90 Å². The molecule has 0 amide bonds. The molecule has 3 aromatic carbocycles. The van der Waals surface area contributed by atoms with Crippen LogP contribution < -0.4 is 4.90 Å². The van der Waals surface area contributed by atoms with Gasteiger partial charge in [-0.1, -0.05) is 93.6 Å². The van der Waals surface area contributed by atoms with Crippen molar-refractivity contribution in [2.75, 3.05) is 11.4 Å². The average Bonchev–Trinajstić information content (AvgIpc) is 3.37. The highest BCUT2D eigenvalue weighted by Gasteiger charge is 2.71. The lowest BCUT2D eigenvalue weighted by atomic mass is 9.87. The predicted molar refractivity (Wildman–Crippen MR) is 190 cm³/mol. The maximum Gasteiger partial charge on any atom is 0.138 e. The summed E-state index contributed by atoms with van der Waals surface area (Å²) >= 11 is 0. The summed E-state index contributed by atoms with van der Waals surface area (Å²) in [5.74, 6) is 0. The minimum absolute atomic E-state index is 0.00489. The number of hydrogen-bond donors (Lipinski definition) is 0. The third-order valence-electron chi connectivity index (χ3n) is 9.90. The first-order valence-electron chi connectivity index (χ1n) is 16.3. The lowest BCUT2D eigenvalue weighted by Crippen LogP contribution is -2.33. The highest BCUT2D eigenvalue weighted by molar-refractivity contribution is 5.83. The summed E-state index contributed by atoms with van der Waals surface area (Å²) < 4.78 is 0. The minimum Gasteiger partial charge on any atom is -0.315 e. The quantitative estimate of drug-likeness (QED) is 0.144. The van der Waals surface area contributed by atoms with E-state index in [0.29, 0.717) is 6.04 Å². The molecule has 9 rings (SSSR count). The Bertz CT molecular complexity index is 2200. The molecule has 3 atom stereocenters. The summed E-state index contributed by atoms with van der Waals surface area (Å²) in [7, 11) is 0. The third kappa shape index (κ3) is 4.45. The summed E-state index contributed by atoms with van der Waals surface area (Å²) in [6.45, 7) is 7.67. The zero-order valence-electron chi connectivity index (χ0n) is 26.8. The SMILES string of the molecule is CC(C)(C)c1ccnc(-c2cc(-c3cncc(N4c5ccccc5C5N6CC=CC546)c3)cc(-c3cccc(-c4ccccc4)c3)n2)c1. The molecule has 0 bridgehead atoms. The van der Waals surface area contributed by atoms with Crippen LogP contribution in [0.15, 0.2) is 140 Å². The number of anilines is 2. The number of hydrogen-bond acceptors (Lipinski definition) is 5. The molecule has 1 spiro atoms. The Morgan fingerprint density at radius 3 is 2.34 bits per heavy atom. The smallest absolute Gasteiger partial charge is 0.138 e. The standard InChI is InChI=1S/C42H35N5/c1-41(2,3)33-17-19-44-37(25-33)38-24-31(23-36(45-38)30-14-9-13-29(21-30)28-11-5-4-6-12-28)32-22-34(27-43-26-32)47-39-16-8-7-15-35(39)40-42(47)18-10-20-46(40)42/h4-19,21-27,40H,20H2,1-3H3. The van der Waals surface area contributed by atoms with Gasteiger partial charge >= 0.3 is 0 Å². The van der Waals surface area contributed by atoms with Gasteiger partial charge in [-0.25, -0.2) is 4.98 Å². The summed E-state index contributed by atoms with van der Waals surface area (Å²) in [4.78, 5) is 19.9. The van der Waals surface area contributed by atoms with Crippen LogP contribution in [-0.2, 0) is 5.41 Å². The first-order valence-corrected chi connectivity index (χ1v) is 16.3. The molecule has 47 heavy (non-hydrogen) atoms. The molecule has 3 unspecified atom stereocenters. The normalized spacial score (nSPS) is 20.5. The van der Waals surface area contributed by atoms with E-state index in [2.05, 4.69) is 152 Å². The second kappa shape index (κ2) is 10.3. The lowest BCUT2D eigenvalue weighted by Gasteiger charge is -2.29. The maximum atomic E-state index is 5.24. The van der Waals surface area contributed by atoms with Gasteiger partial charge in [-0.15, -0.1) is 0 Å². The van der Waals surface area contributed by atoms with E-state index in [1.807, 2.05) is 18.6 Å². The second-order valence-corrected chi connectivity index (χ2v) is 13.8.